The number of carboxylic acids is 1. The van der Waals surface area contributed by atoms with Gasteiger partial charge in [0.15, 0.2) is 30.5 Å². The van der Waals surface area contributed by atoms with Crippen LogP contribution in [0, 0.1) is 25.1 Å². The number of rotatable bonds is 27. The third kappa shape index (κ3) is 15.3. The second-order valence-corrected chi connectivity index (χ2v) is 20.5. The Morgan fingerprint density at radius 3 is 2.28 bits per heavy atom. The second kappa shape index (κ2) is 27.9. The Bertz CT molecular complexity index is 3150. The maximum atomic E-state index is 15.2. The van der Waals surface area contributed by atoms with Gasteiger partial charge in [-0.2, -0.15) is 18.1 Å². The fourth-order valence-corrected chi connectivity index (χ4v) is 9.61. The molecule has 0 saturated carbocycles. The maximum absolute atomic E-state index is 15.2. The van der Waals surface area contributed by atoms with E-state index in [1.165, 1.54) is 58.1 Å². The summed E-state index contributed by atoms with van der Waals surface area (Å²) in [6.45, 7) is 2.21. The molecule has 2 fully saturated rings. The van der Waals surface area contributed by atoms with Crippen LogP contribution in [0.5, 0.6) is 11.5 Å². The van der Waals surface area contributed by atoms with Gasteiger partial charge in [0.1, 0.15) is 65.1 Å². The molecule has 29 nitrogen and oxygen atoms in total. The van der Waals surface area contributed by atoms with Gasteiger partial charge < -0.3 is 87.6 Å². The number of nitrogens with zero attached hydrogens (tertiary/aromatic N) is 4. The number of nitrogens with two attached hydrogens (primary N) is 2. The molecule has 0 spiro atoms. The van der Waals surface area contributed by atoms with E-state index in [0.717, 1.165) is 4.90 Å². The number of aromatic nitrogens is 2. The summed E-state index contributed by atoms with van der Waals surface area (Å²) in [6.07, 6.45) is -13.3. The molecular weight excluding hydrogens is 1120 g/mol. The molecule has 8 rings (SSSR count). The van der Waals surface area contributed by atoms with Crippen molar-refractivity contribution in [2.45, 2.75) is 93.9 Å². The molecule has 1 aromatic heterocycles. The summed E-state index contributed by atoms with van der Waals surface area (Å²) in [5.41, 5.74) is 8.10. The highest BCUT2D eigenvalue weighted by Crippen LogP contribution is 2.40. The van der Waals surface area contributed by atoms with Gasteiger partial charge in [0.25, 0.3) is 34.6 Å². The molecule has 0 bridgehead atoms. The minimum absolute atomic E-state index is 0. The van der Waals surface area contributed by atoms with Crippen molar-refractivity contribution in [3.05, 3.63) is 83.8 Å². The van der Waals surface area contributed by atoms with Crippen LogP contribution in [0.3, 0.4) is 0 Å². The summed E-state index contributed by atoms with van der Waals surface area (Å²) in [5, 5.41) is 74.2. The van der Waals surface area contributed by atoms with Crippen molar-refractivity contribution in [1.82, 2.24) is 19.9 Å². The predicted octanol–water partition coefficient (Wildman–Crippen LogP) is -3.68. The van der Waals surface area contributed by atoms with E-state index in [0.29, 0.717) is 23.1 Å². The molecule has 4 aliphatic heterocycles. The highest BCUT2D eigenvalue weighted by Gasteiger charge is 2.56. The molecule has 2 aromatic carbocycles. The maximum Gasteiger partial charge on any atom is 0.456 e. The van der Waals surface area contributed by atoms with Crippen molar-refractivity contribution in [2.24, 2.45) is 5.14 Å². The van der Waals surface area contributed by atoms with E-state index in [-0.39, 0.29) is 138 Å². The average Bonchev–Trinajstić information content (AvgIpc) is 4.14. The number of carbonyl (C=O) groups excluding carboxylic acids is 4. The Balaban J connectivity index is 0.00000990. The van der Waals surface area contributed by atoms with Gasteiger partial charge in [-0.05, 0) is 37.3 Å². The number of benzene rings is 2. The van der Waals surface area contributed by atoms with E-state index in [1.807, 2.05) is 4.72 Å². The number of ether oxygens (including phenoxy) is 7. The molecule has 5 aliphatic rings. The fraction of sp³-hybridized carbons (Fsp3) is 0.481. The number of aliphatic hydroxyl groups is 5. The van der Waals surface area contributed by atoms with Crippen LogP contribution in [0.1, 0.15) is 48.8 Å². The summed E-state index contributed by atoms with van der Waals surface area (Å²) in [7, 11) is -4.26. The minimum Gasteiger partial charge on any atom is -0.492 e. The third-order valence-corrected chi connectivity index (χ3v) is 14.0. The standard InChI is InChI=1S/C51H60FN9O20S.CH3/c1-2-78-33-5-3-4-31(52)28(33)8-7-27-24-61(49-42(67)39(64)35(79-49)22-57-82(54,73)74)46-38(27)45(53)56-25-59(46)23-26-6-9-34(80-51-43(68)40(65)41(66)44(81-51)50(71)72)32(20-26)58-37(63)10-12-55-36(62)11-14-75-16-18-77-19-17-76-15-13-60-47(69)29-21-30(29)48(60)70;/h3-6,9,20,24-25,27,35,39-44,49,51,53,57,64-68H,2,10-19,21-23H2,1H3,(H4-,54,55,58,62,63,71,72,73,74);1H3/q;-1/p+2/t27?,35-,39-,40+,41+,42-,43-,44+,49-,51-;/m1./s1. The smallest absolute Gasteiger partial charge is 0.456 e. The van der Waals surface area contributed by atoms with Crippen LogP contribution in [0.15, 0.2) is 53.9 Å². The van der Waals surface area contributed by atoms with Crippen molar-refractivity contribution in [1.29, 1.82) is 0 Å². The Morgan fingerprint density at radius 2 is 1.59 bits per heavy atom. The van der Waals surface area contributed by atoms with Crippen LogP contribution in [0.2, 0.25) is 0 Å². The summed E-state index contributed by atoms with van der Waals surface area (Å²) in [5.74, 6) is 0.824. The van der Waals surface area contributed by atoms with E-state index in [4.69, 9.17) is 44.0 Å². The molecule has 10 atom stereocenters. The summed E-state index contributed by atoms with van der Waals surface area (Å²) in [4.78, 5) is 67.7. The summed E-state index contributed by atoms with van der Waals surface area (Å²) in [6, 6.07) is 8.40. The van der Waals surface area contributed by atoms with Gasteiger partial charge in [0.2, 0.25) is 18.1 Å². The number of carbonyl (C=O) groups is 5. The number of imide groups is 1. The first kappa shape index (κ1) is 63.4. The lowest BCUT2D eigenvalue weighted by molar-refractivity contribution is -0.751. The molecule has 13 N–H and O–H groups in total. The number of piperidine rings is 1. The number of halogens is 1. The molecular formula is C52H65FN9O20S+. The number of carboxylic acid groups (broad SMARTS) is 1. The van der Waals surface area contributed by atoms with Crippen LogP contribution >= 0.6 is 0 Å². The van der Waals surface area contributed by atoms with Crippen LogP contribution in [-0.4, -0.2) is 210 Å². The number of nitrogen functional groups attached to an aromatic ring is 1. The Kier molecular flexibility index (Phi) is 21.4. The van der Waals surface area contributed by atoms with Crippen LogP contribution in [0.4, 0.5) is 21.7 Å². The van der Waals surface area contributed by atoms with Crippen molar-refractivity contribution in [2.75, 3.05) is 76.9 Å². The highest BCUT2D eigenvalue weighted by atomic mass is 32.2. The van der Waals surface area contributed by atoms with Gasteiger partial charge in [0, 0.05) is 49.1 Å². The normalized spacial score (nSPS) is 24.3. The van der Waals surface area contributed by atoms with Gasteiger partial charge >= 0.3 is 11.8 Å². The SMILES string of the molecule is CCOc1cccc(F)c1C#CC1C=[N+]([C@@H]2O[C@H](CNS(N)(=O)=O)[C@@H](O)[C@H]2O)c2c1c(N)nc[n+]2Cc1ccc(O[C@@H]2O[C@H](C(=O)O)[C@@H](O)[C@H](O)[C@H]2O)c(NC(=O)CCNC(=O)CCOCCOCCOCCN2C(=O)C3=C(C3)C2=O)c1.[CH3-]. The lowest BCUT2D eigenvalue weighted by Gasteiger charge is -2.38. The number of amides is 4. The largest absolute Gasteiger partial charge is 0.492 e. The second-order valence-electron chi connectivity index (χ2n) is 19.1. The quantitative estimate of drug-likeness (QED) is 0.0115. The van der Waals surface area contributed by atoms with Gasteiger partial charge in [-0.3, -0.25) is 24.1 Å². The predicted molar refractivity (Wildman–Crippen MR) is 282 cm³/mol. The van der Waals surface area contributed by atoms with E-state index < -0.39 is 102 Å². The number of likely N-dealkylation sites (tertiary alicyclic amines) is 1. The number of hydrogen-bond donors (Lipinski definition) is 11. The summed E-state index contributed by atoms with van der Waals surface area (Å²) >= 11 is 0. The first-order chi connectivity index (χ1) is 39.1. The van der Waals surface area contributed by atoms with Crippen molar-refractivity contribution in [3.63, 3.8) is 0 Å². The van der Waals surface area contributed by atoms with Crippen LogP contribution < -0.4 is 40.3 Å². The Morgan fingerprint density at radius 1 is 0.892 bits per heavy atom. The van der Waals surface area contributed by atoms with Gasteiger partial charge in [0.05, 0.1) is 58.5 Å². The van der Waals surface area contributed by atoms with Gasteiger partial charge in [-0.1, -0.05) is 17.9 Å². The van der Waals surface area contributed by atoms with Crippen LogP contribution in [-0.2, 0) is 64.4 Å². The van der Waals surface area contributed by atoms with Gasteiger partial charge in [-0.25, -0.2) is 14.3 Å². The molecule has 2 saturated heterocycles. The lowest BCUT2D eigenvalue weighted by atomic mass is 9.99. The highest BCUT2D eigenvalue weighted by molar-refractivity contribution is 7.87. The van der Waals surface area contributed by atoms with Crippen molar-refractivity contribution >= 4 is 63.3 Å². The molecule has 450 valence electrons. The minimum atomic E-state index is -4.26. The van der Waals surface area contributed by atoms with Crippen molar-refractivity contribution < 1.29 is 110 Å². The van der Waals surface area contributed by atoms with Crippen LogP contribution in [0.25, 0.3) is 0 Å². The average molecular weight is 1190 g/mol. The Labute approximate surface area is 474 Å². The molecule has 0 radical (unpaired) electrons. The molecule has 83 heavy (non-hydrogen) atoms. The number of nitrogens with one attached hydrogen (secondary N) is 3. The van der Waals surface area contributed by atoms with Gasteiger partial charge in [-0.15, -0.1) is 9.14 Å². The number of hydrogen-bond acceptors (Lipinski definition) is 21. The lowest BCUT2D eigenvalue weighted by Crippen LogP contribution is -2.61. The first-order valence-electron chi connectivity index (χ1n) is 25.8. The molecule has 5 heterocycles. The number of aliphatic carboxylic acids is 1. The molecule has 4 amide bonds. The zero-order chi connectivity index (χ0) is 59.0. The van der Waals surface area contributed by atoms with E-state index >= 15 is 4.39 Å². The van der Waals surface area contributed by atoms with E-state index in [2.05, 4.69) is 27.5 Å². The number of anilines is 2. The zero-order valence-electron chi connectivity index (χ0n) is 44.9. The zero-order valence-corrected chi connectivity index (χ0v) is 45.7. The van der Waals surface area contributed by atoms with E-state index in [9.17, 15) is 63.0 Å². The topological polar surface area (TPSA) is 417 Å². The monoisotopic (exact) mass is 1190 g/mol. The number of fused-ring (bicyclic) bond motifs is 1. The third-order valence-electron chi connectivity index (χ3n) is 13.4. The molecule has 31 heteroatoms. The first-order valence-corrected chi connectivity index (χ1v) is 27.3. The molecule has 3 aromatic rings. The Hall–Kier alpha value is -7.16. The fourth-order valence-electron chi connectivity index (χ4n) is 9.21. The van der Waals surface area contributed by atoms with Crippen molar-refractivity contribution in [3.8, 4) is 23.3 Å². The molecule has 1 aliphatic carbocycles. The summed E-state index contributed by atoms with van der Waals surface area (Å²) < 4.78 is 83.0. The number of aliphatic hydroxyl groups excluding tert-OH is 5. The van der Waals surface area contributed by atoms with E-state index in [1.54, 1.807) is 6.92 Å². The molecule has 1 unspecified atom stereocenters.